The molecule has 144 valence electrons. The van der Waals surface area contributed by atoms with Gasteiger partial charge in [-0.2, -0.15) is 0 Å². The second-order valence-electron chi connectivity index (χ2n) is 6.35. The highest BCUT2D eigenvalue weighted by Gasteiger charge is 2.22. The molecule has 2 aromatic rings. The largest absolute Gasteiger partial charge is 0.376 e. The smallest absolute Gasteiger partial charge is 0.233 e. The Morgan fingerprint density at radius 1 is 1.48 bits per heavy atom. The molecule has 0 radical (unpaired) electrons. The Bertz CT molecular complexity index is 788. The average Bonchev–Trinajstić information content (AvgIpc) is 3.31. The first-order valence-corrected chi connectivity index (χ1v) is 10.2. The van der Waals surface area contributed by atoms with Gasteiger partial charge in [-0.3, -0.25) is 9.36 Å². The molecule has 2 heterocycles. The molecule has 1 aromatic carbocycles. The second kappa shape index (κ2) is 9.39. The minimum atomic E-state index is -0.294. The second-order valence-corrected chi connectivity index (χ2v) is 8.10. The van der Waals surface area contributed by atoms with Gasteiger partial charge in [-0.25, -0.2) is 0 Å². The molecule has 0 aliphatic carbocycles. The summed E-state index contributed by atoms with van der Waals surface area (Å²) < 4.78 is 7.49. The monoisotopic (exact) mass is 406 g/mol. The van der Waals surface area contributed by atoms with Gasteiger partial charge in [-0.1, -0.05) is 29.4 Å². The van der Waals surface area contributed by atoms with Crippen LogP contribution in [0.1, 0.15) is 19.8 Å². The molecule has 3 rings (SSSR count). The number of rotatable bonds is 8. The fraction of sp³-hybridized carbons (Fsp3) is 0.421. The lowest BCUT2D eigenvalue weighted by Gasteiger charge is -2.15. The lowest BCUT2D eigenvalue weighted by atomic mass is 10.2. The van der Waals surface area contributed by atoms with Gasteiger partial charge in [0.15, 0.2) is 11.0 Å². The number of aromatic nitrogens is 3. The van der Waals surface area contributed by atoms with Gasteiger partial charge in [-0.05, 0) is 44.0 Å². The SMILES string of the molecule is C=CCn1c(SC(C)C(=O)NCC2CCCO2)nnc1-c1ccc(Cl)cc1. The van der Waals surface area contributed by atoms with Crippen molar-refractivity contribution in [3.63, 3.8) is 0 Å². The van der Waals surface area contributed by atoms with E-state index in [1.807, 2.05) is 35.8 Å². The van der Waals surface area contributed by atoms with Crippen molar-refractivity contribution < 1.29 is 9.53 Å². The normalized spacial score (nSPS) is 17.6. The molecule has 0 spiro atoms. The number of benzene rings is 1. The zero-order valence-electron chi connectivity index (χ0n) is 15.2. The maximum atomic E-state index is 12.4. The molecule has 1 aliphatic heterocycles. The Morgan fingerprint density at radius 3 is 2.93 bits per heavy atom. The summed E-state index contributed by atoms with van der Waals surface area (Å²) in [5, 5.41) is 12.6. The topological polar surface area (TPSA) is 69.0 Å². The fourth-order valence-electron chi connectivity index (χ4n) is 2.86. The van der Waals surface area contributed by atoms with Gasteiger partial charge in [-0.15, -0.1) is 16.8 Å². The lowest BCUT2D eigenvalue weighted by molar-refractivity contribution is -0.120. The van der Waals surface area contributed by atoms with Crippen molar-refractivity contribution in [1.29, 1.82) is 0 Å². The predicted molar refractivity (Wildman–Crippen MR) is 108 cm³/mol. The van der Waals surface area contributed by atoms with E-state index in [4.69, 9.17) is 16.3 Å². The van der Waals surface area contributed by atoms with Gasteiger partial charge >= 0.3 is 0 Å². The van der Waals surface area contributed by atoms with Gasteiger partial charge in [0.05, 0.1) is 11.4 Å². The molecule has 1 saturated heterocycles. The maximum Gasteiger partial charge on any atom is 0.233 e. The summed E-state index contributed by atoms with van der Waals surface area (Å²) in [6.45, 7) is 7.57. The minimum absolute atomic E-state index is 0.0308. The van der Waals surface area contributed by atoms with Crippen LogP contribution in [0, 0.1) is 0 Å². The third kappa shape index (κ3) is 5.12. The van der Waals surface area contributed by atoms with Crippen LogP contribution in [0.4, 0.5) is 0 Å². The quantitative estimate of drug-likeness (QED) is 0.536. The third-order valence-corrected chi connectivity index (χ3v) is 5.64. The minimum Gasteiger partial charge on any atom is -0.376 e. The Hall–Kier alpha value is -1.83. The molecule has 0 saturated carbocycles. The number of nitrogens with zero attached hydrogens (tertiary/aromatic N) is 3. The zero-order chi connectivity index (χ0) is 19.2. The molecule has 27 heavy (non-hydrogen) atoms. The van der Waals surface area contributed by atoms with Crippen molar-refractivity contribution in [3.8, 4) is 11.4 Å². The van der Waals surface area contributed by atoms with Crippen LogP contribution in [-0.2, 0) is 16.1 Å². The van der Waals surface area contributed by atoms with Crippen LogP contribution in [-0.4, -0.2) is 45.2 Å². The summed E-state index contributed by atoms with van der Waals surface area (Å²) >= 11 is 7.35. The highest BCUT2D eigenvalue weighted by Crippen LogP contribution is 2.27. The van der Waals surface area contributed by atoms with Gasteiger partial charge in [0.25, 0.3) is 0 Å². The van der Waals surface area contributed by atoms with Crippen molar-refractivity contribution in [3.05, 3.63) is 41.9 Å². The van der Waals surface area contributed by atoms with Gasteiger partial charge in [0.2, 0.25) is 5.91 Å². The van der Waals surface area contributed by atoms with Gasteiger partial charge < -0.3 is 10.1 Å². The molecule has 2 atom stereocenters. The van der Waals surface area contributed by atoms with Crippen molar-refractivity contribution in [2.24, 2.45) is 0 Å². The number of ether oxygens (including phenoxy) is 1. The first-order valence-electron chi connectivity index (χ1n) is 8.94. The standard InChI is InChI=1S/C19H23ClN4O2S/c1-3-10-24-17(14-6-8-15(20)9-7-14)22-23-19(24)27-13(2)18(25)21-12-16-5-4-11-26-16/h3,6-9,13,16H,1,4-5,10-12H2,2H3,(H,21,25). The van der Waals surface area contributed by atoms with Gasteiger partial charge in [0.1, 0.15) is 0 Å². The number of nitrogens with one attached hydrogen (secondary N) is 1. The molecule has 1 fully saturated rings. The van der Waals surface area contributed by atoms with Crippen LogP contribution in [0.2, 0.25) is 5.02 Å². The van der Waals surface area contributed by atoms with Crippen molar-refractivity contribution in [1.82, 2.24) is 20.1 Å². The summed E-state index contributed by atoms with van der Waals surface area (Å²) in [6, 6.07) is 7.44. The molecular formula is C19H23ClN4O2S. The number of carbonyl (C=O) groups excluding carboxylic acids is 1. The fourth-order valence-corrected chi connectivity index (χ4v) is 3.87. The average molecular weight is 407 g/mol. The third-order valence-electron chi connectivity index (χ3n) is 4.31. The van der Waals surface area contributed by atoms with E-state index < -0.39 is 0 Å². The van der Waals surface area contributed by atoms with Crippen molar-refractivity contribution in [2.45, 2.75) is 42.8 Å². The van der Waals surface area contributed by atoms with Crippen LogP contribution < -0.4 is 5.32 Å². The number of hydrogen-bond acceptors (Lipinski definition) is 5. The number of halogens is 1. The molecule has 1 N–H and O–H groups in total. The number of amides is 1. The Labute approximate surface area is 168 Å². The number of hydrogen-bond donors (Lipinski definition) is 1. The summed E-state index contributed by atoms with van der Waals surface area (Å²) in [6.07, 6.45) is 3.98. The van der Waals surface area contributed by atoms with Crippen LogP contribution >= 0.6 is 23.4 Å². The summed E-state index contributed by atoms with van der Waals surface area (Å²) in [5.41, 5.74) is 0.913. The van der Waals surface area contributed by atoms with E-state index in [0.717, 1.165) is 30.8 Å². The van der Waals surface area contributed by atoms with E-state index in [1.54, 1.807) is 6.08 Å². The molecular weight excluding hydrogens is 384 g/mol. The predicted octanol–water partition coefficient (Wildman–Crippen LogP) is 3.56. The van der Waals surface area contributed by atoms with Crippen LogP contribution in [0.15, 0.2) is 42.1 Å². The van der Waals surface area contributed by atoms with Crippen molar-refractivity contribution >= 4 is 29.3 Å². The van der Waals surface area contributed by atoms with Gasteiger partial charge in [0, 0.05) is 30.3 Å². The first-order chi connectivity index (χ1) is 13.1. The molecule has 1 aromatic heterocycles. The van der Waals surface area contributed by atoms with E-state index in [0.29, 0.717) is 23.3 Å². The van der Waals surface area contributed by atoms with E-state index in [2.05, 4.69) is 22.1 Å². The van der Waals surface area contributed by atoms with E-state index in [9.17, 15) is 4.79 Å². The lowest BCUT2D eigenvalue weighted by Crippen LogP contribution is -2.36. The Balaban J connectivity index is 1.68. The maximum absolute atomic E-state index is 12.4. The van der Waals surface area contributed by atoms with Crippen molar-refractivity contribution in [2.75, 3.05) is 13.2 Å². The zero-order valence-corrected chi connectivity index (χ0v) is 16.8. The molecule has 1 amide bonds. The first kappa shape index (κ1) is 19.9. The molecule has 0 bridgehead atoms. The van der Waals surface area contributed by atoms with E-state index in [1.165, 1.54) is 11.8 Å². The highest BCUT2D eigenvalue weighted by molar-refractivity contribution is 8.00. The molecule has 2 unspecified atom stereocenters. The van der Waals surface area contributed by atoms with E-state index >= 15 is 0 Å². The van der Waals surface area contributed by atoms with E-state index in [-0.39, 0.29) is 17.3 Å². The number of thioether (sulfide) groups is 1. The Morgan fingerprint density at radius 2 is 2.26 bits per heavy atom. The van der Waals surface area contributed by atoms with Crippen LogP contribution in [0.25, 0.3) is 11.4 Å². The van der Waals surface area contributed by atoms with Crippen LogP contribution in [0.3, 0.4) is 0 Å². The molecule has 8 heteroatoms. The summed E-state index contributed by atoms with van der Waals surface area (Å²) in [4.78, 5) is 12.4. The highest BCUT2D eigenvalue weighted by atomic mass is 35.5. The summed E-state index contributed by atoms with van der Waals surface area (Å²) in [7, 11) is 0. The number of allylic oxidation sites excluding steroid dienone is 1. The molecule has 1 aliphatic rings. The Kier molecular flexibility index (Phi) is 6.93. The number of carbonyl (C=O) groups is 1. The van der Waals surface area contributed by atoms with Crippen LogP contribution in [0.5, 0.6) is 0 Å². The summed E-state index contributed by atoms with van der Waals surface area (Å²) in [5.74, 6) is 0.692. The molecule has 6 nitrogen and oxygen atoms in total.